The number of amides is 1. The smallest absolute Gasteiger partial charge is 0.229 e. The standard InChI is InChI=1S/C13H16N2O/c1-15(12-3-2-4-14-8-12)13(16)11-6-9-5-10(9)7-11/h2-4,8-11H,5-7H2,1H3. The van der Waals surface area contributed by atoms with Gasteiger partial charge in [0.15, 0.2) is 0 Å². The van der Waals surface area contributed by atoms with Crippen LogP contribution in [0.2, 0.25) is 0 Å². The van der Waals surface area contributed by atoms with Crippen molar-refractivity contribution in [2.45, 2.75) is 19.3 Å². The Bertz CT molecular complexity index is 394. The minimum absolute atomic E-state index is 0.258. The van der Waals surface area contributed by atoms with Gasteiger partial charge in [-0.05, 0) is 43.2 Å². The molecule has 0 bridgehead atoms. The van der Waals surface area contributed by atoms with Crippen molar-refractivity contribution in [2.24, 2.45) is 17.8 Å². The summed E-state index contributed by atoms with van der Waals surface area (Å²) in [6, 6.07) is 3.80. The van der Waals surface area contributed by atoms with Crippen LogP contribution in [0.3, 0.4) is 0 Å². The van der Waals surface area contributed by atoms with E-state index in [2.05, 4.69) is 4.98 Å². The highest BCUT2D eigenvalue weighted by Gasteiger charge is 2.48. The summed E-state index contributed by atoms with van der Waals surface area (Å²) in [5.41, 5.74) is 0.896. The van der Waals surface area contributed by atoms with Gasteiger partial charge in [0.1, 0.15) is 0 Å². The summed E-state index contributed by atoms with van der Waals surface area (Å²) in [6.45, 7) is 0. The van der Waals surface area contributed by atoms with Crippen LogP contribution in [-0.2, 0) is 4.79 Å². The summed E-state index contributed by atoms with van der Waals surface area (Å²) in [5, 5.41) is 0. The topological polar surface area (TPSA) is 33.2 Å². The highest BCUT2D eigenvalue weighted by molar-refractivity contribution is 5.94. The van der Waals surface area contributed by atoms with Crippen LogP contribution in [0.15, 0.2) is 24.5 Å². The van der Waals surface area contributed by atoms with Crippen molar-refractivity contribution in [2.75, 3.05) is 11.9 Å². The van der Waals surface area contributed by atoms with E-state index in [1.807, 2.05) is 19.2 Å². The average molecular weight is 216 g/mol. The Labute approximate surface area is 95.5 Å². The number of carbonyl (C=O) groups excluding carboxylic acids is 1. The van der Waals surface area contributed by atoms with Crippen molar-refractivity contribution in [3.05, 3.63) is 24.5 Å². The van der Waals surface area contributed by atoms with Gasteiger partial charge < -0.3 is 4.90 Å². The second-order valence-electron chi connectivity index (χ2n) is 5.03. The summed E-state index contributed by atoms with van der Waals surface area (Å²) < 4.78 is 0. The Balaban J connectivity index is 1.70. The van der Waals surface area contributed by atoms with Gasteiger partial charge in [0.2, 0.25) is 5.91 Å². The molecule has 3 heteroatoms. The molecule has 3 rings (SSSR count). The Morgan fingerprint density at radius 3 is 2.75 bits per heavy atom. The van der Waals surface area contributed by atoms with E-state index in [-0.39, 0.29) is 11.8 Å². The summed E-state index contributed by atoms with van der Waals surface area (Å²) in [7, 11) is 1.85. The Hall–Kier alpha value is -1.38. The number of aromatic nitrogens is 1. The molecule has 2 aliphatic rings. The van der Waals surface area contributed by atoms with Crippen molar-refractivity contribution in [1.29, 1.82) is 0 Å². The number of carbonyl (C=O) groups is 1. The first-order valence-corrected chi connectivity index (χ1v) is 5.93. The predicted molar refractivity (Wildman–Crippen MR) is 62.0 cm³/mol. The van der Waals surface area contributed by atoms with Gasteiger partial charge in [0.05, 0.1) is 11.9 Å². The zero-order chi connectivity index (χ0) is 11.1. The van der Waals surface area contributed by atoms with E-state index >= 15 is 0 Å². The van der Waals surface area contributed by atoms with Crippen molar-refractivity contribution < 1.29 is 4.79 Å². The van der Waals surface area contributed by atoms with Gasteiger partial charge in [-0.2, -0.15) is 0 Å². The second kappa shape index (κ2) is 3.58. The van der Waals surface area contributed by atoms with E-state index in [0.29, 0.717) is 0 Å². The normalized spacial score (nSPS) is 30.9. The minimum Gasteiger partial charge on any atom is -0.314 e. The fourth-order valence-electron chi connectivity index (χ4n) is 2.87. The van der Waals surface area contributed by atoms with Crippen LogP contribution in [0, 0.1) is 17.8 Å². The van der Waals surface area contributed by atoms with Gasteiger partial charge in [-0.15, -0.1) is 0 Å². The number of hydrogen-bond donors (Lipinski definition) is 0. The highest BCUT2D eigenvalue weighted by Crippen LogP contribution is 2.54. The zero-order valence-electron chi connectivity index (χ0n) is 9.47. The van der Waals surface area contributed by atoms with Gasteiger partial charge in [0, 0.05) is 19.2 Å². The van der Waals surface area contributed by atoms with Crippen molar-refractivity contribution >= 4 is 11.6 Å². The van der Waals surface area contributed by atoms with E-state index in [1.54, 1.807) is 17.3 Å². The number of rotatable bonds is 2. The Morgan fingerprint density at radius 2 is 2.12 bits per heavy atom. The lowest BCUT2D eigenvalue weighted by molar-refractivity contribution is -0.122. The molecule has 3 nitrogen and oxygen atoms in total. The molecule has 16 heavy (non-hydrogen) atoms. The van der Waals surface area contributed by atoms with Gasteiger partial charge in [-0.1, -0.05) is 0 Å². The third kappa shape index (κ3) is 1.60. The molecular formula is C13H16N2O. The molecule has 0 saturated heterocycles. The van der Waals surface area contributed by atoms with Crippen LogP contribution in [-0.4, -0.2) is 17.9 Å². The van der Waals surface area contributed by atoms with Gasteiger partial charge in [0.25, 0.3) is 0 Å². The fraction of sp³-hybridized carbons (Fsp3) is 0.538. The van der Waals surface area contributed by atoms with E-state index in [9.17, 15) is 4.79 Å². The zero-order valence-corrected chi connectivity index (χ0v) is 9.47. The fourth-order valence-corrected chi connectivity index (χ4v) is 2.87. The molecule has 1 aromatic heterocycles. The number of hydrogen-bond acceptors (Lipinski definition) is 2. The number of fused-ring (bicyclic) bond motifs is 1. The first kappa shape index (κ1) is 9.82. The molecule has 1 heterocycles. The number of pyridine rings is 1. The molecule has 0 spiro atoms. The maximum Gasteiger partial charge on any atom is 0.229 e. The van der Waals surface area contributed by atoms with Gasteiger partial charge in [-0.3, -0.25) is 9.78 Å². The molecule has 2 fully saturated rings. The van der Waals surface area contributed by atoms with Crippen LogP contribution in [0.5, 0.6) is 0 Å². The monoisotopic (exact) mass is 216 g/mol. The van der Waals surface area contributed by atoms with Crippen LogP contribution in [0.1, 0.15) is 19.3 Å². The molecule has 1 aromatic rings. The molecule has 0 aliphatic heterocycles. The second-order valence-corrected chi connectivity index (χ2v) is 5.03. The molecule has 2 saturated carbocycles. The molecule has 0 aromatic carbocycles. The van der Waals surface area contributed by atoms with Gasteiger partial charge >= 0.3 is 0 Å². The average Bonchev–Trinajstić information content (AvgIpc) is 2.95. The maximum atomic E-state index is 12.2. The molecule has 2 unspecified atom stereocenters. The Kier molecular flexibility index (Phi) is 2.20. The minimum atomic E-state index is 0.258. The molecular weight excluding hydrogens is 200 g/mol. The number of nitrogens with zero attached hydrogens (tertiary/aromatic N) is 2. The lowest BCUT2D eigenvalue weighted by atomic mass is 10.0. The largest absolute Gasteiger partial charge is 0.314 e. The van der Waals surface area contributed by atoms with Gasteiger partial charge in [-0.25, -0.2) is 0 Å². The third-order valence-electron chi connectivity index (χ3n) is 3.96. The Morgan fingerprint density at radius 1 is 1.38 bits per heavy atom. The first-order valence-electron chi connectivity index (χ1n) is 5.93. The van der Waals surface area contributed by atoms with Crippen LogP contribution in [0.4, 0.5) is 5.69 Å². The van der Waals surface area contributed by atoms with Crippen molar-refractivity contribution in [3.63, 3.8) is 0 Å². The highest BCUT2D eigenvalue weighted by atomic mass is 16.2. The van der Waals surface area contributed by atoms with Crippen molar-refractivity contribution in [1.82, 2.24) is 4.98 Å². The first-order chi connectivity index (χ1) is 7.75. The predicted octanol–water partition coefficient (Wildman–Crippen LogP) is 2.09. The molecule has 1 amide bonds. The SMILES string of the molecule is CN(C(=O)C1CC2CC2C1)c1cccnc1. The van der Waals surface area contributed by atoms with Crippen LogP contribution < -0.4 is 4.90 Å². The summed E-state index contributed by atoms with van der Waals surface area (Å²) in [5.74, 6) is 2.24. The van der Waals surface area contributed by atoms with E-state index in [4.69, 9.17) is 0 Å². The summed E-state index contributed by atoms with van der Waals surface area (Å²) >= 11 is 0. The van der Waals surface area contributed by atoms with Crippen molar-refractivity contribution in [3.8, 4) is 0 Å². The molecule has 2 aliphatic carbocycles. The molecule has 0 radical (unpaired) electrons. The van der Waals surface area contributed by atoms with E-state index < -0.39 is 0 Å². The van der Waals surface area contributed by atoms with E-state index in [1.165, 1.54) is 6.42 Å². The molecule has 0 N–H and O–H groups in total. The van der Waals surface area contributed by atoms with Crippen LogP contribution >= 0.6 is 0 Å². The third-order valence-corrected chi connectivity index (χ3v) is 3.96. The lowest BCUT2D eigenvalue weighted by Gasteiger charge is -2.21. The number of anilines is 1. The van der Waals surface area contributed by atoms with Crippen LogP contribution in [0.25, 0.3) is 0 Å². The summed E-state index contributed by atoms with van der Waals surface area (Å²) in [6.07, 6.45) is 7.04. The lowest BCUT2D eigenvalue weighted by Crippen LogP contribution is -2.32. The molecule has 84 valence electrons. The van der Waals surface area contributed by atoms with E-state index in [0.717, 1.165) is 30.4 Å². The molecule has 2 atom stereocenters. The quantitative estimate of drug-likeness (QED) is 0.758. The maximum absolute atomic E-state index is 12.2. The summed E-state index contributed by atoms with van der Waals surface area (Å²) in [4.78, 5) is 18.0.